The van der Waals surface area contributed by atoms with Gasteiger partial charge in [-0.15, -0.1) is 0 Å². The van der Waals surface area contributed by atoms with Gasteiger partial charge in [0.2, 0.25) is 0 Å². The molecule has 0 radical (unpaired) electrons. The van der Waals surface area contributed by atoms with Crippen molar-refractivity contribution in [3.63, 3.8) is 0 Å². The van der Waals surface area contributed by atoms with Crippen molar-refractivity contribution in [2.75, 3.05) is 13.3 Å². The van der Waals surface area contributed by atoms with Crippen molar-refractivity contribution in [1.29, 1.82) is 0 Å². The third-order valence-electron chi connectivity index (χ3n) is 2.33. The van der Waals surface area contributed by atoms with Crippen LogP contribution >= 0.6 is 0 Å². The van der Waals surface area contributed by atoms with Crippen LogP contribution in [0.5, 0.6) is 0 Å². The van der Waals surface area contributed by atoms with Gasteiger partial charge in [0, 0.05) is 6.54 Å². The number of ether oxygens (including phenoxy) is 1. The van der Waals surface area contributed by atoms with Crippen LogP contribution in [-0.2, 0) is 10.9 Å². The van der Waals surface area contributed by atoms with Crippen molar-refractivity contribution in [2.24, 2.45) is 0 Å². The van der Waals surface area contributed by atoms with Gasteiger partial charge in [0.05, 0.1) is 18.4 Å². The van der Waals surface area contributed by atoms with E-state index in [4.69, 9.17) is 4.74 Å². The number of rotatable bonds is 1. The monoisotopic (exact) mass is 217 g/mol. The molecule has 15 heavy (non-hydrogen) atoms. The highest BCUT2D eigenvalue weighted by atomic mass is 19.4. The number of nitrogens with one attached hydrogen (secondary N) is 1. The van der Waals surface area contributed by atoms with E-state index in [2.05, 4.69) is 5.32 Å². The number of hydrogen-bond acceptors (Lipinski definition) is 2. The van der Waals surface area contributed by atoms with E-state index in [9.17, 15) is 13.2 Å². The van der Waals surface area contributed by atoms with Gasteiger partial charge in [-0.25, -0.2) is 0 Å². The average Bonchev–Trinajstić information content (AvgIpc) is 2.69. The van der Waals surface area contributed by atoms with Gasteiger partial charge >= 0.3 is 6.18 Å². The molecule has 1 saturated heterocycles. The second-order valence-corrected chi connectivity index (χ2v) is 3.34. The van der Waals surface area contributed by atoms with Gasteiger partial charge in [-0.3, -0.25) is 5.32 Å². The van der Waals surface area contributed by atoms with E-state index in [1.165, 1.54) is 12.1 Å². The van der Waals surface area contributed by atoms with Crippen LogP contribution < -0.4 is 5.32 Å². The highest BCUT2D eigenvalue weighted by Gasteiger charge is 2.35. The molecule has 2 rings (SSSR count). The van der Waals surface area contributed by atoms with Crippen molar-refractivity contribution in [1.82, 2.24) is 5.32 Å². The predicted octanol–water partition coefficient (Wildman–Crippen LogP) is 2.32. The van der Waals surface area contributed by atoms with Crippen LogP contribution in [0.15, 0.2) is 24.3 Å². The topological polar surface area (TPSA) is 21.3 Å². The van der Waals surface area contributed by atoms with E-state index in [-0.39, 0.29) is 5.56 Å². The lowest BCUT2D eigenvalue weighted by molar-refractivity contribution is -0.139. The van der Waals surface area contributed by atoms with E-state index < -0.39 is 17.8 Å². The lowest BCUT2D eigenvalue weighted by Gasteiger charge is -2.16. The Hall–Kier alpha value is -1.07. The van der Waals surface area contributed by atoms with Crippen LogP contribution in [-0.4, -0.2) is 13.3 Å². The molecule has 0 spiro atoms. The minimum Gasteiger partial charge on any atom is -0.357 e. The first-order valence-electron chi connectivity index (χ1n) is 4.57. The van der Waals surface area contributed by atoms with E-state index in [0.717, 1.165) is 6.07 Å². The number of alkyl halides is 3. The Bertz CT molecular complexity index is 345. The lowest BCUT2D eigenvalue weighted by Crippen LogP contribution is -2.14. The van der Waals surface area contributed by atoms with E-state index in [1.54, 1.807) is 6.07 Å². The number of hydrogen-bond donors (Lipinski definition) is 1. The van der Waals surface area contributed by atoms with Gasteiger partial charge in [-0.05, 0) is 11.6 Å². The Morgan fingerprint density at radius 2 is 2.00 bits per heavy atom. The van der Waals surface area contributed by atoms with Gasteiger partial charge in [-0.1, -0.05) is 18.2 Å². The Morgan fingerprint density at radius 1 is 1.27 bits per heavy atom. The van der Waals surface area contributed by atoms with Gasteiger partial charge in [0.15, 0.2) is 0 Å². The molecule has 1 aromatic carbocycles. The Labute approximate surface area is 85.0 Å². The summed E-state index contributed by atoms with van der Waals surface area (Å²) in [7, 11) is 0. The summed E-state index contributed by atoms with van der Waals surface area (Å²) in [5.74, 6) is 0. The van der Waals surface area contributed by atoms with Crippen LogP contribution in [0.25, 0.3) is 0 Å². The van der Waals surface area contributed by atoms with Gasteiger partial charge in [-0.2, -0.15) is 13.2 Å². The fraction of sp³-hybridized carbons (Fsp3) is 0.400. The third kappa shape index (κ3) is 2.13. The van der Waals surface area contributed by atoms with Crippen LogP contribution in [0.3, 0.4) is 0 Å². The smallest absolute Gasteiger partial charge is 0.357 e. The average molecular weight is 217 g/mol. The van der Waals surface area contributed by atoms with Gasteiger partial charge in [0.1, 0.15) is 0 Å². The summed E-state index contributed by atoms with van der Waals surface area (Å²) < 4.78 is 43.0. The molecule has 82 valence electrons. The molecular weight excluding hydrogens is 207 g/mol. The summed E-state index contributed by atoms with van der Waals surface area (Å²) >= 11 is 0. The highest BCUT2D eigenvalue weighted by Crippen LogP contribution is 2.35. The Morgan fingerprint density at radius 3 is 2.60 bits per heavy atom. The second kappa shape index (κ2) is 3.83. The largest absolute Gasteiger partial charge is 0.416 e. The lowest BCUT2D eigenvalue weighted by atomic mass is 10.0. The second-order valence-electron chi connectivity index (χ2n) is 3.34. The van der Waals surface area contributed by atoms with E-state index >= 15 is 0 Å². The Balaban J connectivity index is 2.37. The first-order chi connectivity index (χ1) is 7.09. The number of halogens is 3. The zero-order valence-electron chi connectivity index (χ0n) is 7.84. The fourth-order valence-corrected chi connectivity index (χ4v) is 1.64. The summed E-state index contributed by atoms with van der Waals surface area (Å²) in [6.45, 7) is 0.726. The third-order valence-corrected chi connectivity index (χ3v) is 2.33. The molecular formula is C10H10F3NO. The van der Waals surface area contributed by atoms with Crippen molar-refractivity contribution < 1.29 is 17.9 Å². The summed E-state index contributed by atoms with van der Waals surface area (Å²) in [6, 6.07) is 5.51. The van der Waals surface area contributed by atoms with Crippen molar-refractivity contribution in [3.8, 4) is 0 Å². The molecule has 2 nitrogen and oxygen atoms in total. The predicted molar refractivity (Wildman–Crippen MR) is 48.1 cm³/mol. The normalized spacial score (nSPS) is 21.9. The molecule has 0 amide bonds. The fourth-order valence-electron chi connectivity index (χ4n) is 1.64. The minimum absolute atomic E-state index is 0.204. The van der Waals surface area contributed by atoms with Crippen LogP contribution in [0.4, 0.5) is 13.2 Å². The molecule has 1 aromatic rings. The summed E-state index contributed by atoms with van der Waals surface area (Å²) in [5.41, 5.74) is -0.409. The van der Waals surface area contributed by atoms with Crippen molar-refractivity contribution >= 4 is 0 Å². The molecule has 1 fully saturated rings. The van der Waals surface area contributed by atoms with Crippen LogP contribution in [0, 0.1) is 0 Å². The van der Waals surface area contributed by atoms with Crippen LogP contribution in [0.2, 0.25) is 0 Å². The maximum atomic E-state index is 12.6. The van der Waals surface area contributed by atoms with Crippen molar-refractivity contribution in [2.45, 2.75) is 12.3 Å². The SMILES string of the molecule is FC(F)(F)c1ccccc1C1CNCO1. The minimum atomic E-state index is -4.32. The van der Waals surface area contributed by atoms with Crippen LogP contribution in [0.1, 0.15) is 17.2 Å². The quantitative estimate of drug-likeness (QED) is 0.779. The molecule has 0 saturated carbocycles. The standard InChI is InChI=1S/C10H10F3NO/c11-10(12,13)8-4-2-1-3-7(8)9-5-14-6-15-9/h1-4,9,14H,5-6H2. The molecule has 1 aliphatic rings. The molecule has 0 aliphatic carbocycles. The van der Waals surface area contributed by atoms with Gasteiger partial charge < -0.3 is 4.74 Å². The zero-order valence-corrected chi connectivity index (χ0v) is 7.84. The molecule has 0 aromatic heterocycles. The molecule has 0 bridgehead atoms. The molecule has 1 atom stereocenters. The first kappa shape index (κ1) is 10.4. The summed E-state index contributed by atoms with van der Waals surface area (Å²) in [5, 5.41) is 2.86. The van der Waals surface area contributed by atoms with E-state index in [1.807, 2.05) is 0 Å². The molecule has 5 heteroatoms. The maximum Gasteiger partial charge on any atom is 0.416 e. The highest BCUT2D eigenvalue weighted by molar-refractivity contribution is 5.32. The van der Waals surface area contributed by atoms with Crippen molar-refractivity contribution in [3.05, 3.63) is 35.4 Å². The molecule has 1 unspecified atom stereocenters. The van der Waals surface area contributed by atoms with Gasteiger partial charge in [0.25, 0.3) is 0 Å². The summed E-state index contributed by atoms with van der Waals surface area (Å²) in [4.78, 5) is 0. The Kier molecular flexibility index (Phi) is 2.67. The summed E-state index contributed by atoms with van der Waals surface area (Å²) in [6.07, 6.45) is -4.81. The molecule has 1 N–H and O–H groups in total. The molecule has 1 heterocycles. The zero-order chi connectivity index (χ0) is 10.9. The molecule has 1 aliphatic heterocycles. The van der Waals surface area contributed by atoms with E-state index in [0.29, 0.717) is 13.3 Å². The maximum absolute atomic E-state index is 12.6. The number of benzene rings is 1. The first-order valence-corrected chi connectivity index (χ1v) is 4.57.